The first-order chi connectivity index (χ1) is 16.7. The predicted octanol–water partition coefficient (Wildman–Crippen LogP) is 2.72. The van der Waals surface area contributed by atoms with Crippen molar-refractivity contribution in [1.82, 2.24) is 0 Å². The zero-order chi connectivity index (χ0) is 28.1. The number of allylic oxidation sites excluding steroid dienone is 1. The highest BCUT2D eigenvalue weighted by atomic mass is 16.3. The lowest BCUT2D eigenvalue weighted by atomic mass is 9.38. The topological polar surface area (TPSA) is 135 Å². The van der Waals surface area contributed by atoms with E-state index in [4.69, 9.17) is 0 Å². The molecule has 4 aliphatic rings. The zero-order valence-corrected chi connectivity index (χ0v) is 23.6. The van der Waals surface area contributed by atoms with Crippen molar-refractivity contribution >= 4 is 11.6 Å². The molecule has 0 aromatic rings. The lowest BCUT2D eigenvalue weighted by molar-refractivity contribution is -0.186. The summed E-state index contributed by atoms with van der Waals surface area (Å²) in [6.45, 7) is 14.3. The number of rotatable bonds is 4. The quantitative estimate of drug-likeness (QED) is 0.285. The van der Waals surface area contributed by atoms with Crippen molar-refractivity contribution in [3.8, 4) is 0 Å². The SMILES string of the molecule is CC(C)(O)/C=C/C(=O)[C@](C)(O)C1[C@H](O)C[C@@]2(C)C3CC=C4C(C[C@H](O)[C@@H](O)C4(C)C)[C@]3(C)C(=O)C[C@]12C. The Kier molecular flexibility index (Phi) is 6.43. The Morgan fingerprint density at radius 3 is 2.16 bits per heavy atom. The van der Waals surface area contributed by atoms with Crippen LogP contribution in [0.1, 0.15) is 81.1 Å². The molecule has 0 aromatic heterocycles. The van der Waals surface area contributed by atoms with E-state index in [1.807, 2.05) is 27.7 Å². The summed E-state index contributed by atoms with van der Waals surface area (Å²) in [5.74, 6) is -1.88. The van der Waals surface area contributed by atoms with E-state index in [0.717, 1.165) is 5.57 Å². The third-order valence-electron chi connectivity index (χ3n) is 11.4. The van der Waals surface area contributed by atoms with Gasteiger partial charge in [-0.25, -0.2) is 0 Å². The van der Waals surface area contributed by atoms with Gasteiger partial charge in [-0.3, -0.25) is 9.59 Å². The van der Waals surface area contributed by atoms with Gasteiger partial charge in [0.15, 0.2) is 5.78 Å². The van der Waals surface area contributed by atoms with Crippen LogP contribution in [0.2, 0.25) is 0 Å². The Morgan fingerprint density at radius 1 is 1.00 bits per heavy atom. The van der Waals surface area contributed by atoms with E-state index < -0.39 is 62.9 Å². The lowest BCUT2D eigenvalue weighted by Gasteiger charge is -2.65. The van der Waals surface area contributed by atoms with E-state index in [-0.39, 0.29) is 24.0 Å². The Morgan fingerprint density at radius 2 is 1.59 bits per heavy atom. The van der Waals surface area contributed by atoms with E-state index in [1.165, 1.54) is 32.9 Å². The monoisotopic (exact) mass is 518 g/mol. The van der Waals surface area contributed by atoms with Gasteiger partial charge in [-0.1, -0.05) is 52.3 Å². The second kappa shape index (κ2) is 8.31. The molecule has 5 N–H and O–H groups in total. The predicted molar refractivity (Wildman–Crippen MR) is 139 cm³/mol. The molecule has 0 bridgehead atoms. The summed E-state index contributed by atoms with van der Waals surface area (Å²) in [5.41, 5.74) is -5.07. The van der Waals surface area contributed by atoms with Crippen LogP contribution < -0.4 is 0 Å². The Balaban J connectivity index is 1.79. The van der Waals surface area contributed by atoms with Gasteiger partial charge in [0.25, 0.3) is 0 Å². The number of carbonyl (C=O) groups excluding carboxylic acids is 2. The highest BCUT2D eigenvalue weighted by Crippen LogP contribution is 2.74. The van der Waals surface area contributed by atoms with Crippen LogP contribution in [0.3, 0.4) is 0 Å². The number of Topliss-reactive ketones (excluding diaryl/α,β-unsaturated/α-hetero) is 1. The molecule has 3 saturated carbocycles. The minimum atomic E-state index is -1.94. The van der Waals surface area contributed by atoms with Crippen LogP contribution in [0.5, 0.6) is 0 Å². The fourth-order valence-electron chi connectivity index (χ4n) is 9.15. The summed E-state index contributed by atoms with van der Waals surface area (Å²) in [6, 6.07) is 0. The molecule has 0 heterocycles. The molecule has 7 nitrogen and oxygen atoms in total. The number of ketones is 2. The molecular weight excluding hydrogens is 472 g/mol. The van der Waals surface area contributed by atoms with Crippen LogP contribution in [-0.4, -0.2) is 66.6 Å². The number of hydrogen-bond acceptors (Lipinski definition) is 7. The molecule has 4 rings (SSSR count). The van der Waals surface area contributed by atoms with Crippen molar-refractivity contribution < 1.29 is 35.1 Å². The van der Waals surface area contributed by atoms with Crippen LogP contribution >= 0.6 is 0 Å². The molecule has 0 spiro atoms. The first-order valence-corrected chi connectivity index (χ1v) is 13.6. The smallest absolute Gasteiger partial charge is 0.187 e. The summed E-state index contributed by atoms with van der Waals surface area (Å²) >= 11 is 0. The Bertz CT molecular complexity index is 1050. The Hall–Kier alpha value is -1.38. The van der Waals surface area contributed by atoms with E-state index >= 15 is 0 Å². The maximum atomic E-state index is 14.2. The molecule has 0 saturated heterocycles. The summed E-state index contributed by atoms with van der Waals surface area (Å²) in [4.78, 5) is 27.4. The van der Waals surface area contributed by atoms with Gasteiger partial charge < -0.3 is 25.5 Å². The molecule has 208 valence electrons. The first-order valence-electron chi connectivity index (χ1n) is 13.6. The number of carbonyl (C=O) groups is 2. The summed E-state index contributed by atoms with van der Waals surface area (Å²) in [6.07, 6.45) is 3.10. The number of fused-ring (bicyclic) bond motifs is 5. The fraction of sp³-hybridized carbons (Fsp3) is 0.800. The maximum Gasteiger partial charge on any atom is 0.187 e. The fourth-order valence-corrected chi connectivity index (χ4v) is 9.15. The third kappa shape index (κ3) is 3.79. The summed E-state index contributed by atoms with van der Waals surface area (Å²) < 4.78 is 0. The van der Waals surface area contributed by atoms with Crippen LogP contribution in [0, 0.1) is 39.4 Å². The molecule has 0 amide bonds. The molecule has 10 atom stereocenters. The summed E-state index contributed by atoms with van der Waals surface area (Å²) in [7, 11) is 0. The minimum absolute atomic E-state index is 0.0156. The van der Waals surface area contributed by atoms with Crippen molar-refractivity contribution in [3.05, 3.63) is 23.8 Å². The van der Waals surface area contributed by atoms with E-state index in [9.17, 15) is 35.1 Å². The van der Waals surface area contributed by atoms with Crippen molar-refractivity contribution in [2.75, 3.05) is 0 Å². The van der Waals surface area contributed by atoms with Gasteiger partial charge in [0, 0.05) is 23.2 Å². The van der Waals surface area contributed by atoms with Gasteiger partial charge in [-0.15, -0.1) is 0 Å². The van der Waals surface area contributed by atoms with Crippen LogP contribution in [0.4, 0.5) is 0 Å². The molecule has 4 aliphatic carbocycles. The van der Waals surface area contributed by atoms with Gasteiger partial charge in [0.2, 0.25) is 0 Å². The minimum Gasteiger partial charge on any atom is -0.393 e. The average molecular weight is 519 g/mol. The van der Waals surface area contributed by atoms with Gasteiger partial charge in [0.1, 0.15) is 11.4 Å². The standard InChI is InChI=1S/C30H46O7/c1-25(2,36)12-11-21(33)30(8,37)23-19(32)14-27(5)20-10-9-16-17(13-18(31)24(35)26(16,3)4)29(20,7)22(34)15-28(23,27)6/h9,11-12,17-20,23-24,31-32,35-37H,10,13-15H2,1-8H3/b12-11+/t17?,18-,19+,20?,23?,24+,27-,28+,29-,30-/m0/s1. The molecule has 3 fully saturated rings. The molecule has 7 heteroatoms. The second-order valence-electron chi connectivity index (χ2n) is 14.4. The lowest BCUT2D eigenvalue weighted by Crippen LogP contribution is -2.65. The molecule has 0 aromatic carbocycles. The molecular formula is C30H46O7. The van der Waals surface area contributed by atoms with Gasteiger partial charge in [-0.05, 0) is 68.8 Å². The normalized spacial score (nSPS) is 47.1. The third-order valence-corrected chi connectivity index (χ3v) is 11.4. The zero-order valence-electron chi connectivity index (χ0n) is 23.6. The number of aliphatic hydroxyl groups excluding tert-OH is 3. The van der Waals surface area contributed by atoms with Crippen LogP contribution in [0.25, 0.3) is 0 Å². The number of aliphatic hydroxyl groups is 5. The van der Waals surface area contributed by atoms with E-state index in [2.05, 4.69) is 13.0 Å². The molecule has 3 unspecified atom stereocenters. The van der Waals surface area contributed by atoms with Gasteiger partial charge >= 0.3 is 0 Å². The number of hydrogen-bond donors (Lipinski definition) is 5. The van der Waals surface area contributed by atoms with Crippen LogP contribution in [-0.2, 0) is 9.59 Å². The van der Waals surface area contributed by atoms with E-state index in [1.54, 1.807) is 0 Å². The van der Waals surface area contributed by atoms with Crippen molar-refractivity contribution in [2.24, 2.45) is 39.4 Å². The second-order valence-corrected chi connectivity index (χ2v) is 14.4. The largest absolute Gasteiger partial charge is 0.393 e. The Labute approximate surface area is 220 Å². The van der Waals surface area contributed by atoms with Crippen molar-refractivity contribution in [2.45, 2.75) is 111 Å². The average Bonchev–Trinajstić information content (AvgIpc) is 2.96. The highest BCUT2D eigenvalue weighted by Gasteiger charge is 2.74. The van der Waals surface area contributed by atoms with Gasteiger partial charge in [-0.2, -0.15) is 0 Å². The van der Waals surface area contributed by atoms with Crippen molar-refractivity contribution in [1.29, 1.82) is 0 Å². The maximum absolute atomic E-state index is 14.2. The highest BCUT2D eigenvalue weighted by molar-refractivity contribution is 5.97. The van der Waals surface area contributed by atoms with E-state index in [0.29, 0.717) is 19.3 Å². The molecule has 0 radical (unpaired) electrons. The van der Waals surface area contributed by atoms with Crippen molar-refractivity contribution in [3.63, 3.8) is 0 Å². The van der Waals surface area contributed by atoms with Gasteiger partial charge in [0.05, 0.1) is 23.9 Å². The molecule has 0 aliphatic heterocycles. The summed E-state index contributed by atoms with van der Waals surface area (Å²) in [5, 5.41) is 54.6. The van der Waals surface area contributed by atoms with Crippen LogP contribution in [0.15, 0.2) is 23.8 Å². The first kappa shape index (κ1) is 28.6. The molecule has 37 heavy (non-hydrogen) atoms.